The van der Waals surface area contributed by atoms with Gasteiger partial charge in [0.05, 0.1) is 12.5 Å². The maximum atomic E-state index is 12.8. The van der Waals surface area contributed by atoms with Crippen molar-refractivity contribution in [3.05, 3.63) is 66.2 Å². The molecule has 0 bridgehead atoms. The Kier molecular flexibility index (Phi) is 5.45. The summed E-state index contributed by atoms with van der Waals surface area (Å²) < 4.78 is 12.9. The van der Waals surface area contributed by atoms with E-state index in [1.54, 1.807) is 28.0 Å². The van der Waals surface area contributed by atoms with Gasteiger partial charge >= 0.3 is 0 Å². The average molecular weight is 433 g/mol. The zero-order chi connectivity index (χ0) is 21.9. The highest BCUT2D eigenvalue weighted by molar-refractivity contribution is 6.00. The Morgan fingerprint density at radius 3 is 2.78 bits per heavy atom. The first kappa shape index (κ1) is 20.0. The van der Waals surface area contributed by atoms with Crippen LogP contribution in [-0.4, -0.2) is 46.3 Å². The van der Waals surface area contributed by atoms with Crippen LogP contribution >= 0.6 is 0 Å². The minimum absolute atomic E-state index is 0.0725. The number of nitrogens with one attached hydrogen (secondary N) is 1. The molecule has 9 nitrogen and oxygen atoms in total. The number of carbonyl (C=O) groups is 2. The summed E-state index contributed by atoms with van der Waals surface area (Å²) in [4.78, 5) is 30.9. The van der Waals surface area contributed by atoms with E-state index in [0.717, 1.165) is 16.8 Å². The lowest BCUT2D eigenvalue weighted by molar-refractivity contribution is -0.126. The van der Waals surface area contributed by atoms with Crippen LogP contribution in [0.15, 0.2) is 55.1 Å². The van der Waals surface area contributed by atoms with E-state index in [-0.39, 0.29) is 18.2 Å². The molecule has 3 heterocycles. The zero-order valence-corrected chi connectivity index (χ0v) is 17.4. The molecular formula is C23H23N5O4. The maximum absolute atomic E-state index is 12.8. The highest BCUT2D eigenvalue weighted by Gasteiger charge is 2.35. The quantitative estimate of drug-likeness (QED) is 0.636. The van der Waals surface area contributed by atoms with Gasteiger partial charge in [-0.1, -0.05) is 24.3 Å². The Morgan fingerprint density at radius 2 is 1.94 bits per heavy atom. The van der Waals surface area contributed by atoms with Crippen LogP contribution in [0.1, 0.15) is 17.5 Å². The first-order valence-electron chi connectivity index (χ1n) is 10.5. The third-order valence-corrected chi connectivity index (χ3v) is 5.60. The molecule has 1 unspecified atom stereocenters. The van der Waals surface area contributed by atoms with Crippen molar-refractivity contribution in [3.63, 3.8) is 0 Å². The van der Waals surface area contributed by atoms with Crippen LogP contribution in [0.25, 0.3) is 0 Å². The predicted molar refractivity (Wildman–Crippen MR) is 115 cm³/mol. The van der Waals surface area contributed by atoms with Crippen molar-refractivity contribution in [2.45, 2.75) is 19.5 Å². The maximum Gasteiger partial charge on any atom is 0.227 e. The zero-order valence-electron chi connectivity index (χ0n) is 17.4. The van der Waals surface area contributed by atoms with Gasteiger partial charge in [-0.25, -0.2) is 9.67 Å². The van der Waals surface area contributed by atoms with E-state index in [4.69, 9.17) is 9.47 Å². The molecule has 0 aliphatic carbocycles. The van der Waals surface area contributed by atoms with E-state index < -0.39 is 5.92 Å². The van der Waals surface area contributed by atoms with E-state index in [1.165, 1.54) is 6.33 Å². The predicted octanol–water partition coefficient (Wildman–Crippen LogP) is 1.77. The van der Waals surface area contributed by atoms with Crippen LogP contribution in [0, 0.1) is 5.92 Å². The number of ether oxygens (including phenoxy) is 2. The minimum atomic E-state index is -0.394. The lowest BCUT2D eigenvalue weighted by atomic mass is 10.1. The fourth-order valence-corrected chi connectivity index (χ4v) is 4.01. The largest absolute Gasteiger partial charge is 0.486 e. The summed E-state index contributed by atoms with van der Waals surface area (Å²) in [6, 6.07) is 13.4. The SMILES string of the molecule is O=C(NCc1cccc(Cn2cncn2)c1)C1CC(=O)N(c2ccc3c(c2)OCCO3)C1. The molecule has 0 radical (unpaired) electrons. The van der Waals surface area contributed by atoms with Crippen molar-refractivity contribution >= 4 is 17.5 Å². The number of anilines is 1. The molecule has 0 spiro atoms. The Hall–Kier alpha value is -3.88. The molecule has 1 fully saturated rings. The molecule has 9 heteroatoms. The second kappa shape index (κ2) is 8.70. The summed E-state index contributed by atoms with van der Waals surface area (Å²) in [7, 11) is 0. The third-order valence-electron chi connectivity index (χ3n) is 5.60. The monoisotopic (exact) mass is 433 g/mol. The van der Waals surface area contributed by atoms with Crippen LogP contribution in [-0.2, 0) is 22.7 Å². The average Bonchev–Trinajstić information content (AvgIpc) is 3.47. The second-order valence-electron chi connectivity index (χ2n) is 7.86. The van der Waals surface area contributed by atoms with E-state index in [9.17, 15) is 9.59 Å². The summed E-state index contributed by atoms with van der Waals surface area (Å²) in [5.41, 5.74) is 2.78. The highest BCUT2D eigenvalue weighted by atomic mass is 16.6. The number of nitrogens with zero attached hydrogens (tertiary/aromatic N) is 4. The fraction of sp³-hybridized carbons (Fsp3) is 0.304. The van der Waals surface area contributed by atoms with Crippen LogP contribution in [0.2, 0.25) is 0 Å². The third kappa shape index (κ3) is 4.27. The van der Waals surface area contributed by atoms with Crippen molar-refractivity contribution in [2.75, 3.05) is 24.7 Å². The standard InChI is InChI=1S/C23H23N5O4/c29-22-9-18(13-28(22)19-4-5-20-21(10-19)32-7-6-31-20)23(30)25-11-16-2-1-3-17(8-16)12-27-15-24-14-26-27/h1-5,8,10,14-15,18H,6-7,9,11-13H2,(H,25,30). The van der Waals surface area contributed by atoms with Gasteiger partial charge in [0.2, 0.25) is 11.8 Å². The van der Waals surface area contributed by atoms with Gasteiger partial charge < -0.3 is 19.7 Å². The summed E-state index contributed by atoms with van der Waals surface area (Å²) in [5.74, 6) is 0.706. The fourth-order valence-electron chi connectivity index (χ4n) is 4.01. The van der Waals surface area contributed by atoms with Gasteiger partial charge in [0.25, 0.3) is 0 Å². The van der Waals surface area contributed by atoms with E-state index in [2.05, 4.69) is 15.4 Å². The van der Waals surface area contributed by atoms with Crippen LogP contribution in [0.3, 0.4) is 0 Å². The van der Waals surface area contributed by atoms with Gasteiger partial charge in [-0.2, -0.15) is 5.10 Å². The molecule has 2 aromatic carbocycles. The number of fused-ring (bicyclic) bond motifs is 1. The van der Waals surface area contributed by atoms with Gasteiger partial charge in [-0.05, 0) is 23.3 Å². The number of hydrogen-bond acceptors (Lipinski definition) is 6. The Balaban J connectivity index is 1.19. The lowest BCUT2D eigenvalue weighted by Gasteiger charge is -2.22. The van der Waals surface area contributed by atoms with Gasteiger partial charge in [-0.3, -0.25) is 9.59 Å². The normalized spacial score (nSPS) is 17.4. The molecule has 2 aliphatic heterocycles. The van der Waals surface area contributed by atoms with Crippen LogP contribution in [0.4, 0.5) is 5.69 Å². The number of amides is 2. The van der Waals surface area contributed by atoms with Crippen molar-refractivity contribution in [1.82, 2.24) is 20.1 Å². The number of rotatable bonds is 6. The summed E-state index contributed by atoms with van der Waals surface area (Å²) in [5, 5.41) is 7.09. The Bertz CT molecular complexity index is 1130. The van der Waals surface area contributed by atoms with Crippen molar-refractivity contribution in [2.24, 2.45) is 5.92 Å². The summed E-state index contributed by atoms with van der Waals surface area (Å²) in [6.07, 6.45) is 3.35. The lowest BCUT2D eigenvalue weighted by Crippen LogP contribution is -2.32. The van der Waals surface area contributed by atoms with Crippen molar-refractivity contribution in [3.8, 4) is 11.5 Å². The van der Waals surface area contributed by atoms with E-state index in [0.29, 0.717) is 44.3 Å². The molecule has 3 aromatic rings. The smallest absolute Gasteiger partial charge is 0.227 e. The first-order valence-corrected chi connectivity index (χ1v) is 10.5. The molecule has 2 aliphatic rings. The number of benzene rings is 2. The molecule has 0 saturated carbocycles. The number of carbonyl (C=O) groups excluding carboxylic acids is 2. The summed E-state index contributed by atoms with van der Waals surface area (Å²) >= 11 is 0. The second-order valence-corrected chi connectivity index (χ2v) is 7.86. The minimum Gasteiger partial charge on any atom is -0.486 e. The molecule has 1 N–H and O–H groups in total. The molecule has 164 valence electrons. The van der Waals surface area contributed by atoms with Gasteiger partial charge in [0.1, 0.15) is 25.9 Å². The molecule has 2 amide bonds. The van der Waals surface area contributed by atoms with Gasteiger partial charge in [-0.15, -0.1) is 0 Å². The first-order chi connectivity index (χ1) is 15.7. The molecule has 32 heavy (non-hydrogen) atoms. The number of hydrogen-bond donors (Lipinski definition) is 1. The highest BCUT2D eigenvalue weighted by Crippen LogP contribution is 2.36. The van der Waals surface area contributed by atoms with Crippen LogP contribution < -0.4 is 19.7 Å². The molecule has 1 atom stereocenters. The molecular weight excluding hydrogens is 410 g/mol. The molecule has 1 saturated heterocycles. The van der Waals surface area contributed by atoms with E-state index in [1.807, 2.05) is 30.3 Å². The van der Waals surface area contributed by atoms with Crippen molar-refractivity contribution in [1.29, 1.82) is 0 Å². The van der Waals surface area contributed by atoms with Crippen LogP contribution in [0.5, 0.6) is 11.5 Å². The Morgan fingerprint density at radius 1 is 1.09 bits per heavy atom. The Labute approximate surface area is 185 Å². The van der Waals surface area contributed by atoms with E-state index >= 15 is 0 Å². The number of aromatic nitrogens is 3. The summed E-state index contributed by atoms with van der Waals surface area (Å²) in [6.45, 7) is 2.36. The van der Waals surface area contributed by atoms with Crippen molar-refractivity contribution < 1.29 is 19.1 Å². The van der Waals surface area contributed by atoms with Gasteiger partial charge in [0, 0.05) is 31.3 Å². The van der Waals surface area contributed by atoms with Gasteiger partial charge in [0.15, 0.2) is 11.5 Å². The topological polar surface area (TPSA) is 98.6 Å². The molecule has 5 rings (SSSR count). The molecule has 1 aromatic heterocycles.